The molecule has 0 amide bonds. The molecule has 3 nitrogen and oxygen atoms in total. The molecule has 0 saturated heterocycles. The third-order valence-electron chi connectivity index (χ3n) is 3.41. The lowest BCUT2D eigenvalue weighted by Gasteiger charge is -2.07. The zero-order valence-electron chi connectivity index (χ0n) is 11.6. The summed E-state index contributed by atoms with van der Waals surface area (Å²) in [7, 11) is 0. The largest absolute Gasteiger partial charge is 0.378 e. The van der Waals surface area contributed by atoms with Crippen LogP contribution >= 0.6 is 23.2 Å². The van der Waals surface area contributed by atoms with Gasteiger partial charge in [0.25, 0.3) is 0 Å². The van der Waals surface area contributed by atoms with Crippen molar-refractivity contribution in [2.45, 2.75) is 20.0 Å². The van der Waals surface area contributed by atoms with E-state index < -0.39 is 0 Å². The van der Waals surface area contributed by atoms with Crippen molar-refractivity contribution in [3.8, 4) is 0 Å². The standard InChI is InChI=1S/C16H15Cl2N3/c1-2-21-16-6-4-3-5-12(16)15(20-21)10-19-14-9-11(17)7-8-13(14)18/h3-9,19H,2,10H2,1H3. The predicted molar refractivity (Wildman–Crippen MR) is 89.2 cm³/mol. The summed E-state index contributed by atoms with van der Waals surface area (Å²) in [6, 6.07) is 13.6. The summed E-state index contributed by atoms with van der Waals surface area (Å²) in [5.41, 5.74) is 2.97. The van der Waals surface area contributed by atoms with Gasteiger partial charge in [0.05, 0.1) is 28.5 Å². The highest BCUT2D eigenvalue weighted by Gasteiger charge is 2.09. The van der Waals surface area contributed by atoms with Crippen LogP contribution in [0, 0.1) is 0 Å². The van der Waals surface area contributed by atoms with E-state index in [-0.39, 0.29) is 0 Å². The first-order valence-corrected chi connectivity index (χ1v) is 7.58. The second kappa shape index (κ2) is 5.96. The van der Waals surface area contributed by atoms with Gasteiger partial charge in [0.15, 0.2) is 0 Å². The highest BCUT2D eigenvalue weighted by atomic mass is 35.5. The number of hydrogen-bond donors (Lipinski definition) is 1. The van der Waals surface area contributed by atoms with Gasteiger partial charge < -0.3 is 5.32 Å². The first-order valence-electron chi connectivity index (χ1n) is 6.82. The third-order valence-corrected chi connectivity index (χ3v) is 3.97. The molecule has 2 aromatic carbocycles. The Morgan fingerprint density at radius 1 is 1.14 bits per heavy atom. The molecule has 0 spiro atoms. The Morgan fingerprint density at radius 2 is 1.95 bits per heavy atom. The fraction of sp³-hybridized carbons (Fsp3) is 0.188. The number of fused-ring (bicyclic) bond motifs is 1. The van der Waals surface area contributed by atoms with Crippen LogP contribution in [0.2, 0.25) is 10.0 Å². The van der Waals surface area contributed by atoms with E-state index in [1.165, 1.54) is 0 Å². The molecule has 0 bridgehead atoms. The minimum absolute atomic E-state index is 0.605. The highest BCUT2D eigenvalue weighted by Crippen LogP contribution is 2.26. The molecule has 1 heterocycles. The molecule has 1 N–H and O–H groups in total. The minimum atomic E-state index is 0.605. The minimum Gasteiger partial charge on any atom is -0.378 e. The molecular weight excluding hydrogens is 305 g/mol. The Labute approximate surface area is 133 Å². The molecule has 1 aromatic heterocycles. The van der Waals surface area contributed by atoms with Gasteiger partial charge in [0.1, 0.15) is 0 Å². The van der Waals surface area contributed by atoms with E-state index in [2.05, 4.69) is 29.5 Å². The molecule has 3 aromatic rings. The van der Waals surface area contributed by atoms with E-state index >= 15 is 0 Å². The molecule has 5 heteroatoms. The molecule has 21 heavy (non-hydrogen) atoms. The second-order valence-electron chi connectivity index (χ2n) is 4.76. The van der Waals surface area contributed by atoms with Crippen LogP contribution in [0.4, 0.5) is 5.69 Å². The average Bonchev–Trinajstić information content (AvgIpc) is 2.86. The summed E-state index contributed by atoms with van der Waals surface area (Å²) < 4.78 is 2.01. The Morgan fingerprint density at radius 3 is 2.76 bits per heavy atom. The Bertz CT molecular complexity index is 780. The number of para-hydroxylation sites is 1. The summed E-state index contributed by atoms with van der Waals surface area (Å²) in [5.74, 6) is 0. The van der Waals surface area contributed by atoms with E-state index in [1.807, 2.05) is 22.9 Å². The van der Waals surface area contributed by atoms with E-state index in [0.717, 1.165) is 28.8 Å². The molecule has 0 aliphatic carbocycles. The van der Waals surface area contributed by atoms with Crippen molar-refractivity contribution in [1.29, 1.82) is 0 Å². The quantitative estimate of drug-likeness (QED) is 0.735. The van der Waals surface area contributed by atoms with Crippen LogP contribution in [0.3, 0.4) is 0 Å². The van der Waals surface area contributed by atoms with Gasteiger partial charge in [-0.2, -0.15) is 5.10 Å². The molecule has 0 unspecified atom stereocenters. The molecular formula is C16H15Cl2N3. The Hall–Kier alpha value is -1.71. The third kappa shape index (κ3) is 2.85. The summed E-state index contributed by atoms with van der Waals surface area (Å²) in [6.45, 7) is 3.54. The number of aryl methyl sites for hydroxylation is 1. The normalized spacial score (nSPS) is 11.0. The first kappa shape index (κ1) is 14.2. The maximum Gasteiger partial charge on any atom is 0.0894 e. The number of nitrogens with one attached hydrogen (secondary N) is 1. The van der Waals surface area contributed by atoms with Crippen LogP contribution in [0.1, 0.15) is 12.6 Å². The molecule has 0 aliphatic rings. The first-order chi connectivity index (χ1) is 10.2. The maximum absolute atomic E-state index is 6.17. The van der Waals surface area contributed by atoms with E-state index in [4.69, 9.17) is 23.2 Å². The van der Waals surface area contributed by atoms with Gasteiger partial charge in [-0.05, 0) is 31.2 Å². The molecule has 0 radical (unpaired) electrons. The molecule has 0 fully saturated rings. The molecule has 108 valence electrons. The van der Waals surface area contributed by atoms with Crippen molar-refractivity contribution in [1.82, 2.24) is 9.78 Å². The van der Waals surface area contributed by atoms with Gasteiger partial charge in [0, 0.05) is 17.0 Å². The zero-order valence-corrected chi connectivity index (χ0v) is 13.1. The summed E-state index contributed by atoms with van der Waals surface area (Å²) in [6.07, 6.45) is 0. The summed E-state index contributed by atoms with van der Waals surface area (Å²) in [5, 5.41) is 10.4. The van der Waals surface area contributed by atoms with E-state index in [0.29, 0.717) is 16.6 Å². The van der Waals surface area contributed by atoms with Crippen LogP contribution in [0.25, 0.3) is 10.9 Å². The van der Waals surface area contributed by atoms with Crippen molar-refractivity contribution >= 4 is 39.8 Å². The number of benzene rings is 2. The highest BCUT2D eigenvalue weighted by molar-refractivity contribution is 6.35. The van der Waals surface area contributed by atoms with Gasteiger partial charge in [-0.15, -0.1) is 0 Å². The molecule has 0 saturated carbocycles. The van der Waals surface area contributed by atoms with Crippen molar-refractivity contribution in [2.75, 3.05) is 5.32 Å². The van der Waals surface area contributed by atoms with E-state index in [1.54, 1.807) is 12.1 Å². The Kier molecular flexibility index (Phi) is 4.04. The number of anilines is 1. The van der Waals surface area contributed by atoms with Crippen LogP contribution in [0.5, 0.6) is 0 Å². The van der Waals surface area contributed by atoms with Crippen LogP contribution in [-0.2, 0) is 13.1 Å². The lowest BCUT2D eigenvalue weighted by Crippen LogP contribution is -2.03. The second-order valence-corrected chi connectivity index (χ2v) is 5.60. The topological polar surface area (TPSA) is 29.9 Å². The number of rotatable bonds is 4. The fourth-order valence-corrected chi connectivity index (χ4v) is 2.74. The smallest absolute Gasteiger partial charge is 0.0894 e. The predicted octanol–water partition coefficient (Wildman–Crippen LogP) is 4.98. The van der Waals surface area contributed by atoms with Gasteiger partial charge in [-0.1, -0.05) is 41.4 Å². The number of aromatic nitrogens is 2. The van der Waals surface area contributed by atoms with Crippen LogP contribution in [0.15, 0.2) is 42.5 Å². The number of nitrogens with zero attached hydrogens (tertiary/aromatic N) is 2. The van der Waals surface area contributed by atoms with Crippen molar-refractivity contribution in [3.05, 3.63) is 58.2 Å². The molecule has 0 aliphatic heterocycles. The van der Waals surface area contributed by atoms with Gasteiger partial charge in [0.2, 0.25) is 0 Å². The molecule has 0 atom stereocenters. The van der Waals surface area contributed by atoms with Crippen LogP contribution in [-0.4, -0.2) is 9.78 Å². The Balaban J connectivity index is 1.90. The summed E-state index contributed by atoms with van der Waals surface area (Å²) in [4.78, 5) is 0. The lowest BCUT2D eigenvalue weighted by atomic mass is 10.2. The fourth-order valence-electron chi connectivity index (χ4n) is 2.38. The maximum atomic E-state index is 6.17. The van der Waals surface area contributed by atoms with Gasteiger partial charge in [-0.25, -0.2) is 0 Å². The summed E-state index contributed by atoms with van der Waals surface area (Å²) >= 11 is 12.2. The van der Waals surface area contributed by atoms with E-state index in [9.17, 15) is 0 Å². The average molecular weight is 320 g/mol. The van der Waals surface area contributed by atoms with Gasteiger partial charge in [-0.3, -0.25) is 4.68 Å². The SMILES string of the molecule is CCn1nc(CNc2cc(Cl)ccc2Cl)c2ccccc21. The van der Waals surface area contributed by atoms with Crippen molar-refractivity contribution in [3.63, 3.8) is 0 Å². The van der Waals surface area contributed by atoms with Crippen LogP contribution < -0.4 is 5.32 Å². The number of hydrogen-bond acceptors (Lipinski definition) is 2. The number of halogens is 2. The zero-order chi connectivity index (χ0) is 14.8. The monoisotopic (exact) mass is 319 g/mol. The lowest BCUT2D eigenvalue weighted by molar-refractivity contribution is 0.671. The van der Waals surface area contributed by atoms with Crippen molar-refractivity contribution in [2.24, 2.45) is 0 Å². The van der Waals surface area contributed by atoms with Gasteiger partial charge >= 0.3 is 0 Å². The van der Waals surface area contributed by atoms with Crippen molar-refractivity contribution < 1.29 is 0 Å². The molecule has 3 rings (SSSR count).